The number of rotatable bonds is 6. The van der Waals surface area contributed by atoms with Gasteiger partial charge in [-0.2, -0.15) is 0 Å². The van der Waals surface area contributed by atoms with Crippen LogP contribution in [0.5, 0.6) is 0 Å². The summed E-state index contributed by atoms with van der Waals surface area (Å²) < 4.78 is 38.3. The van der Waals surface area contributed by atoms with E-state index in [0.29, 0.717) is 0 Å². The largest absolute Gasteiger partial charge is 0.277 e. The van der Waals surface area contributed by atoms with E-state index in [1.54, 1.807) is 12.1 Å². The number of nitrogens with two attached hydrogens (primary N) is 1. The Labute approximate surface area is 118 Å². The van der Waals surface area contributed by atoms with Crippen molar-refractivity contribution in [1.29, 1.82) is 0 Å². The van der Waals surface area contributed by atoms with Crippen LogP contribution in [0, 0.1) is 6.92 Å². The lowest BCUT2D eigenvalue weighted by Gasteiger charge is -2.17. The first-order valence-corrected chi connectivity index (χ1v) is 10.6. The number of sulfonamides is 1. The second-order valence-electron chi connectivity index (χ2n) is 4.33. The van der Waals surface area contributed by atoms with Crippen LogP contribution in [0.3, 0.4) is 0 Å². The minimum atomic E-state index is -3.85. The highest BCUT2D eigenvalue weighted by Crippen LogP contribution is 2.51. The molecule has 5 nitrogen and oxygen atoms in total. The fourth-order valence-corrected chi connectivity index (χ4v) is 7.73. The number of hydrogen-bond donors (Lipinski definition) is 2. The van der Waals surface area contributed by atoms with Crippen molar-refractivity contribution in [2.45, 2.75) is 37.3 Å². The Morgan fingerprint density at radius 1 is 1.37 bits per heavy atom. The maximum atomic E-state index is 12.1. The molecule has 19 heavy (non-hydrogen) atoms. The van der Waals surface area contributed by atoms with E-state index in [1.165, 1.54) is 12.1 Å². The Kier molecular flexibility index (Phi) is 5.65. The number of nitrogens with one attached hydrogen (secondary N) is 1. The third-order valence-electron chi connectivity index (χ3n) is 2.49. The number of aryl methyl sites for hydroxylation is 1. The van der Waals surface area contributed by atoms with Crippen LogP contribution in [0.4, 0.5) is 0 Å². The summed E-state index contributed by atoms with van der Waals surface area (Å²) in [5, 5.41) is 0.0246. The highest BCUT2D eigenvalue weighted by atomic mass is 32.7. The third kappa shape index (κ3) is 5.28. The van der Waals surface area contributed by atoms with Gasteiger partial charge in [-0.25, -0.2) is 8.42 Å². The molecule has 0 aliphatic rings. The molecule has 2 unspecified atom stereocenters. The van der Waals surface area contributed by atoms with Gasteiger partial charge >= 0.3 is 0 Å². The van der Waals surface area contributed by atoms with Crippen molar-refractivity contribution in [3.05, 3.63) is 29.8 Å². The molecule has 0 aliphatic heterocycles. The molecule has 3 N–H and O–H groups in total. The van der Waals surface area contributed by atoms with E-state index in [1.807, 2.05) is 20.8 Å². The lowest BCUT2D eigenvalue weighted by atomic mass is 10.2. The van der Waals surface area contributed by atoms with Crippen molar-refractivity contribution in [2.75, 3.05) is 0 Å². The summed E-state index contributed by atoms with van der Waals surface area (Å²) in [6.07, 6.45) is 0.762. The summed E-state index contributed by atoms with van der Waals surface area (Å²) in [6.45, 7) is 2.15. The van der Waals surface area contributed by atoms with Gasteiger partial charge in [0.05, 0.1) is 4.90 Å². The molecule has 0 aromatic heterocycles. The van der Waals surface area contributed by atoms with E-state index < -0.39 is 16.7 Å². The summed E-state index contributed by atoms with van der Waals surface area (Å²) in [4.78, 5) is 0.0635. The van der Waals surface area contributed by atoms with Crippen LogP contribution in [0.25, 0.3) is 0 Å². The topological polar surface area (TPSA) is 89.3 Å². The molecule has 0 aliphatic carbocycles. The summed E-state index contributed by atoms with van der Waals surface area (Å²) in [5.41, 5.74) is 6.52. The Morgan fingerprint density at radius 2 is 1.89 bits per heavy atom. The Hall–Kier alpha value is -0.330. The van der Waals surface area contributed by atoms with Gasteiger partial charge in [-0.1, -0.05) is 42.9 Å². The summed E-state index contributed by atoms with van der Waals surface area (Å²) in [6, 6.07) is 6.28. The van der Waals surface area contributed by atoms with Gasteiger partial charge in [0.15, 0.2) is 0 Å². The minimum absolute atomic E-state index is 0.0246. The second kappa shape index (κ2) is 6.41. The van der Waals surface area contributed by atoms with E-state index in [9.17, 15) is 13.0 Å². The van der Waals surface area contributed by atoms with Crippen molar-refractivity contribution >= 4 is 28.1 Å². The van der Waals surface area contributed by atoms with Gasteiger partial charge in [0.2, 0.25) is 10.0 Å². The molecular formula is C11H19N2O3PS2. The first-order valence-electron chi connectivity index (χ1n) is 5.84. The highest BCUT2D eigenvalue weighted by molar-refractivity contribution is 8.58. The Morgan fingerprint density at radius 3 is 2.37 bits per heavy atom. The molecule has 0 saturated carbocycles. The molecule has 0 saturated heterocycles. The van der Waals surface area contributed by atoms with Gasteiger partial charge in [0.1, 0.15) is 0 Å². The van der Waals surface area contributed by atoms with Crippen LogP contribution in [-0.4, -0.2) is 13.7 Å². The number of hydrogen-bond acceptors (Lipinski definition) is 4. The van der Waals surface area contributed by atoms with E-state index in [-0.39, 0.29) is 10.1 Å². The maximum Gasteiger partial charge on any atom is 0.277 e. The van der Waals surface area contributed by atoms with Gasteiger partial charge in [-0.3, -0.25) is 10.1 Å². The monoisotopic (exact) mass is 322 g/mol. The SMILES string of the molecule is CCC(C)SP(N)(=O)NS(=O)(=O)c1ccc(C)cc1. The zero-order valence-electron chi connectivity index (χ0n) is 11.2. The predicted octanol–water partition coefficient (Wildman–Crippen LogP) is 2.87. The zero-order valence-corrected chi connectivity index (χ0v) is 13.7. The van der Waals surface area contributed by atoms with Crippen molar-refractivity contribution in [1.82, 2.24) is 4.49 Å². The molecule has 1 aromatic rings. The van der Waals surface area contributed by atoms with Crippen LogP contribution in [0.2, 0.25) is 0 Å². The fourth-order valence-electron chi connectivity index (χ4n) is 1.30. The van der Waals surface area contributed by atoms with E-state index in [0.717, 1.165) is 23.4 Å². The Balaban J connectivity index is 2.91. The van der Waals surface area contributed by atoms with Crippen LogP contribution in [0.1, 0.15) is 25.8 Å². The van der Waals surface area contributed by atoms with E-state index in [2.05, 4.69) is 4.49 Å². The fraction of sp³-hybridized carbons (Fsp3) is 0.455. The van der Waals surface area contributed by atoms with Gasteiger partial charge in [-0.15, -0.1) is 4.49 Å². The zero-order chi connectivity index (χ0) is 14.7. The molecule has 1 aromatic carbocycles. The Bertz CT molecular complexity index is 572. The van der Waals surface area contributed by atoms with Crippen molar-refractivity contribution in [2.24, 2.45) is 5.50 Å². The predicted molar refractivity (Wildman–Crippen MR) is 80.6 cm³/mol. The molecule has 0 spiro atoms. The molecule has 108 valence electrons. The van der Waals surface area contributed by atoms with Gasteiger partial charge < -0.3 is 0 Å². The van der Waals surface area contributed by atoms with Gasteiger partial charge in [0, 0.05) is 5.25 Å². The molecule has 8 heteroatoms. The smallest absolute Gasteiger partial charge is 0.276 e. The molecule has 0 radical (unpaired) electrons. The quantitative estimate of drug-likeness (QED) is 0.786. The number of benzene rings is 1. The maximum absolute atomic E-state index is 12.1. The van der Waals surface area contributed by atoms with Crippen molar-refractivity contribution < 1.29 is 13.0 Å². The van der Waals surface area contributed by atoms with Gasteiger partial charge in [0.25, 0.3) is 6.65 Å². The van der Waals surface area contributed by atoms with Crippen LogP contribution in [0.15, 0.2) is 29.2 Å². The van der Waals surface area contributed by atoms with Crippen LogP contribution < -0.4 is 10.00 Å². The summed E-state index contributed by atoms with van der Waals surface area (Å²) in [5.74, 6) is 0. The third-order valence-corrected chi connectivity index (χ3v) is 9.06. The molecule has 0 heterocycles. The van der Waals surface area contributed by atoms with E-state index >= 15 is 0 Å². The molecular weight excluding hydrogens is 303 g/mol. The average molecular weight is 322 g/mol. The van der Waals surface area contributed by atoms with E-state index in [4.69, 9.17) is 5.50 Å². The molecule has 1 rings (SSSR count). The standard InChI is InChI=1S/C11H19N2O3PS2/c1-4-10(3)18-17(12,14)13-19(15,16)11-7-5-9(2)6-8-11/h5-8,10H,4H2,1-3H3,(H3,12,13,14). The van der Waals surface area contributed by atoms with Crippen molar-refractivity contribution in [3.8, 4) is 0 Å². The first kappa shape index (κ1) is 16.7. The minimum Gasteiger partial charge on any atom is -0.276 e. The molecule has 0 bridgehead atoms. The van der Waals surface area contributed by atoms with Gasteiger partial charge in [-0.05, 0) is 25.5 Å². The van der Waals surface area contributed by atoms with Crippen LogP contribution >= 0.6 is 18.0 Å². The van der Waals surface area contributed by atoms with Crippen molar-refractivity contribution in [3.63, 3.8) is 0 Å². The molecule has 2 atom stereocenters. The summed E-state index contributed by atoms with van der Waals surface area (Å²) in [7, 11) is -3.85. The average Bonchev–Trinajstić information content (AvgIpc) is 2.27. The second-order valence-corrected chi connectivity index (χ2v) is 11.0. The lowest BCUT2D eigenvalue weighted by Crippen LogP contribution is -2.24. The first-order chi connectivity index (χ1) is 8.66. The molecule has 0 fully saturated rings. The normalized spacial score (nSPS) is 16.8. The summed E-state index contributed by atoms with van der Waals surface area (Å²) >= 11 is 0.970. The molecule has 0 amide bonds. The lowest BCUT2D eigenvalue weighted by molar-refractivity contribution is 0.574. The highest BCUT2D eigenvalue weighted by Gasteiger charge is 2.27. The van der Waals surface area contributed by atoms with Crippen LogP contribution in [-0.2, 0) is 14.6 Å².